The molecule has 130 valence electrons. The molecule has 1 heterocycles. The number of carboxylic acid groups (broad SMARTS) is 1. The Hall–Kier alpha value is -1.93. The van der Waals surface area contributed by atoms with Crippen molar-refractivity contribution in [2.45, 2.75) is 37.1 Å². The van der Waals surface area contributed by atoms with Crippen LogP contribution < -0.4 is 4.72 Å². The average Bonchev–Trinajstić information content (AvgIpc) is 3.17. The van der Waals surface area contributed by atoms with Crippen molar-refractivity contribution in [1.29, 1.82) is 0 Å². The van der Waals surface area contributed by atoms with Crippen LogP contribution in [0.3, 0.4) is 0 Å². The summed E-state index contributed by atoms with van der Waals surface area (Å²) in [7, 11) is -3.63. The van der Waals surface area contributed by atoms with E-state index in [-0.39, 0.29) is 23.4 Å². The molecule has 7 nitrogen and oxygen atoms in total. The zero-order valence-corrected chi connectivity index (χ0v) is 14.2. The van der Waals surface area contributed by atoms with Gasteiger partial charge in [-0.25, -0.2) is 13.1 Å². The van der Waals surface area contributed by atoms with Crippen LogP contribution in [0.15, 0.2) is 23.1 Å². The third kappa shape index (κ3) is 3.44. The monoisotopic (exact) mass is 352 g/mol. The molecule has 1 amide bonds. The Balaban J connectivity index is 1.84. The second-order valence-corrected chi connectivity index (χ2v) is 8.16. The Labute approximate surface area is 140 Å². The highest BCUT2D eigenvalue weighted by Crippen LogP contribution is 2.25. The Bertz CT molecular complexity index is 786. The molecular formula is C16H20N2O5S. The van der Waals surface area contributed by atoms with Crippen molar-refractivity contribution in [2.75, 3.05) is 13.1 Å². The molecule has 1 atom stereocenters. The molecule has 2 aliphatic rings. The van der Waals surface area contributed by atoms with E-state index in [1.165, 1.54) is 17.0 Å². The average molecular weight is 352 g/mol. The Morgan fingerprint density at radius 2 is 1.96 bits per heavy atom. The number of aliphatic carboxylic acids is 1. The number of hydrogen-bond acceptors (Lipinski definition) is 4. The van der Waals surface area contributed by atoms with Crippen molar-refractivity contribution in [3.05, 3.63) is 29.3 Å². The van der Waals surface area contributed by atoms with E-state index in [0.717, 1.165) is 12.8 Å². The highest BCUT2D eigenvalue weighted by Gasteiger charge is 2.33. The first-order valence-corrected chi connectivity index (χ1v) is 9.41. The lowest BCUT2D eigenvalue weighted by Gasteiger charge is -2.18. The first-order valence-electron chi connectivity index (χ1n) is 7.93. The van der Waals surface area contributed by atoms with E-state index in [1.54, 1.807) is 13.0 Å². The van der Waals surface area contributed by atoms with Gasteiger partial charge in [-0.3, -0.25) is 9.59 Å². The van der Waals surface area contributed by atoms with Gasteiger partial charge >= 0.3 is 5.97 Å². The number of carboxylic acids is 1. The van der Waals surface area contributed by atoms with Crippen LogP contribution in [0.4, 0.5) is 0 Å². The summed E-state index contributed by atoms with van der Waals surface area (Å²) >= 11 is 0. The summed E-state index contributed by atoms with van der Waals surface area (Å²) < 4.78 is 27.2. The molecule has 8 heteroatoms. The van der Waals surface area contributed by atoms with Crippen LogP contribution in [0, 0.1) is 12.8 Å². The second-order valence-electron chi connectivity index (χ2n) is 6.45. The predicted molar refractivity (Wildman–Crippen MR) is 86.2 cm³/mol. The zero-order chi connectivity index (χ0) is 17.5. The molecule has 0 radical (unpaired) electrons. The third-order valence-corrected chi connectivity index (χ3v) is 5.99. The van der Waals surface area contributed by atoms with Crippen molar-refractivity contribution < 1.29 is 23.1 Å². The van der Waals surface area contributed by atoms with Gasteiger partial charge in [-0.1, -0.05) is 6.07 Å². The van der Waals surface area contributed by atoms with Gasteiger partial charge in [0, 0.05) is 24.7 Å². The number of sulfonamides is 1. The van der Waals surface area contributed by atoms with Crippen LogP contribution in [0.1, 0.15) is 35.2 Å². The summed E-state index contributed by atoms with van der Waals surface area (Å²) in [5.74, 6) is -1.79. The minimum absolute atomic E-state index is 0.00892. The van der Waals surface area contributed by atoms with Crippen molar-refractivity contribution in [3.8, 4) is 0 Å². The number of carbonyl (C=O) groups excluding carboxylic acids is 1. The number of benzene rings is 1. The Morgan fingerprint density at radius 1 is 1.25 bits per heavy atom. The molecule has 0 spiro atoms. The van der Waals surface area contributed by atoms with Gasteiger partial charge in [-0.15, -0.1) is 0 Å². The van der Waals surface area contributed by atoms with Gasteiger partial charge in [-0.2, -0.15) is 0 Å². The van der Waals surface area contributed by atoms with Crippen molar-refractivity contribution in [1.82, 2.24) is 9.62 Å². The van der Waals surface area contributed by atoms with E-state index in [1.807, 2.05) is 0 Å². The fourth-order valence-corrected chi connectivity index (χ4v) is 4.13. The number of carbonyl (C=O) groups is 2. The van der Waals surface area contributed by atoms with Gasteiger partial charge in [0.25, 0.3) is 5.91 Å². The largest absolute Gasteiger partial charge is 0.481 e. The number of amides is 1. The number of nitrogens with one attached hydrogen (secondary N) is 1. The van der Waals surface area contributed by atoms with Crippen LogP contribution in [0.25, 0.3) is 0 Å². The van der Waals surface area contributed by atoms with Gasteiger partial charge in [-0.05, 0) is 43.9 Å². The van der Waals surface area contributed by atoms with Crippen LogP contribution >= 0.6 is 0 Å². The summed E-state index contributed by atoms with van der Waals surface area (Å²) in [6.45, 7) is 2.26. The van der Waals surface area contributed by atoms with E-state index >= 15 is 0 Å². The minimum atomic E-state index is -3.63. The van der Waals surface area contributed by atoms with E-state index in [0.29, 0.717) is 24.1 Å². The number of hydrogen-bond donors (Lipinski definition) is 2. The number of aryl methyl sites for hydroxylation is 1. The van der Waals surface area contributed by atoms with Crippen LogP contribution in [0.5, 0.6) is 0 Å². The normalized spacial score (nSPS) is 21.0. The fraction of sp³-hybridized carbons (Fsp3) is 0.500. The Kier molecular flexibility index (Phi) is 4.35. The van der Waals surface area contributed by atoms with Gasteiger partial charge in [0.2, 0.25) is 10.0 Å². The quantitative estimate of drug-likeness (QED) is 0.822. The number of likely N-dealkylation sites (tertiary alicyclic amines) is 1. The molecule has 0 bridgehead atoms. The lowest BCUT2D eigenvalue weighted by Crippen LogP contribution is -2.31. The van der Waals surface area contributed by atoms with E-state index < -0.39 is 21.9 Å². The summed E-state index contributed by atoms with van der Waals surface area (Å²) in [5, 5.41) is 9.05. The van der Waals surface area contributed by atoms with Gasteiger partial charge in [0.15, 0.2) is 0 Å². The number of nitrogens with zero attached hydrogens (tertiary/aromatic N) is 1. The summed E-state index contributed by atoms with van der Waals surface area (Å²) in [5.41, 5.74) is 0.976. The molecule has 1 aromatic rings. The van der Waals surface area contributed by atoms with E-state index in [9.17, 15) is 18.0 Å². The lowest BCUT2D eigenvalue weighted by molar-refractivity contribution is -0.141. The maximum absolute atomic E-state index is 12.7. The summed E-state index contributed by atoms with van der Waals surface area (Å²) in [6.07, 6.45) is 2.09. The molecule has 2 fully saturated rings. The molecule has 1 saturated heterocycles. The van der Waals surface area contributed by atoms with Crippen molar-refractivity contribution in [3.63, 3.8) is 0 Å². The predicted octanol–water partition coefficient (Wildman–Crippen LogP) is 0.982. The van der Waals surface area contributed by atoms with E-state index in [4.69, 9.17) is 5.11 Å². The van der Waals surface area contributed by atoms with Gasteiger partial charge in [0.1, 0.15) is 0 Å². The van der Waals surface area contributed by atoms with Crippen LogP contribution in [0.2, 0.25) is 0 Å². The SMILES string of the molecule is Cc1ccc(S(=O)(=O)NC2CC2)cc1C(=O)N1CCC(C(=O)O)C1. The van der Waals surface area contributed by atoms with Crippen LogP contribution in [-0.2, 0) is 14.8 Å². The molecule has 24 heavy (non-hydrogen) atoms. The van der Waals surface area contributed by atoms with Crippen molar-refractivity contribution >= 4 is 21.9 Å². The van der Waals surface area contributed by atoms with Gasteiger partial charge in [0.05, 0.1) is 10.8 Å². The molecular weight excluding hydrogens is 332 g/mol. The summed E-state index contributed by atoms with van der Waals surface area (Å²) in [6, 6.07) is 4.47. The molecule has 1 saturated carbocycles. The maximum atomic E-state index is 12.7. The smallest absolute Gasteiger partial charge is 0.308 e. The molecule has 1 aromatic carbocycles. The fourth-order valence-electron chi connectivity index (χ4n) is 2.80. The Morgan fingerprint density at radius 3 is 2.54 bits per heavy atom. The molecule has 1 unspecified atom stereocenters. The third-order valence-electron chi connectivity index (χ3n) is 4.47. The molecule has 1 aliphatic heterocycles. The first-order chi connectivity index (χ1) is 11.3. The number of rotatable bonds is 5. The highest BCUT2D eigenvalue weighted by atomic mass is 32.2. The zero-order valence-electron chi connectivity index (χ0n) is 13.4. The molecule has 3 rings (SSSR count). The molecule has 0 aromatic heterocycles. The summed E-state index contributed by atoms with van der Waals surface area (Å²) in [4.78, 5) is 25.3. The molecule has 1 aliphatic carbocycles. The second kappa shape index (κ2) is 6.18. The minimum Gasteiger partial charge on any atom is -0.481 e. The van der Waals surface area contributed by atoms with Gasteiger partial charge < -0.3 is 10.0 Å². The standard InChI is InChI=1S/C16H20N2O5S/c1-10-2-5-13(24(22,23)17-12-3-4-12)8-14(10)15(19)18-7-6-11(9-18)16(20)21/h2,5,8,11-12,17H,3-4,6-7,9H2,1H3,(H,20,21). The first kappa shape index (κ1) is 16.9. The van der Waals surface area contributed by atoms with Crippen molar-refractivity contribution in [2.24, 2.45) is 5.92 Å². The van der Waals surface area contributed by atoms with E-state index in [2.05, 4.69) is 4.72 Å². The lowest BCUT2D eigenvalue weighted by atomic mass is 10.1. The highest BCUT2D eigenvalue weighted by molar-refractivity contribution is 7.89. The topological polar surface area (TPSA) is 104 Å². The molecule has 2 N–H and O–H groups in total. The van der Waals surface area contributed by atoms with Crippen LogP contribution in [-0.4, -0.2) is 49.4 Å². The maximum Gasteiger partial charge on any atom is 0.308 e.